The second-order valence-corrected chi connectivity index (χ2v) is 7.64. The molecule has 1 aliphatic carbocycles. The molecular formula is C14H20FNO3S. The highest BCUT2D eigenvalue weighted by atomic mass is 32.2. The van der Waals surface area contributed by atoms with Gasteiger partial charge in [0.1, 0.15) is 21.4 Å². The maximum Gasteiger partial charge on any atom is 0.150 e. The van der Waals surface area contributed by atoms with Crippen LogP contribution in [0, 0.1) is 5.82 Å². The van der Waals surface area contributed by atoms with Crippen LogP contribution in [0.2, 0.25) is 0 Å². The molecule has 0 saturated heterocycles. The number of rotatable bonds is 4. The van der Waals surface area contributed by atoms with Crippen LogP contribution in [0.4, 0.5) is 4.39 Å². The van der Waals surface area contributed by atoms with Crippen molar-refractivity contribution in [2.75, 3.05) is 6.26 Å². The van der Waals surface area contributed by atoms with Crippen molar-refractivity contribution in [3.8, 4) is 5.75 Å². The molecule has 6 heteroatoms. The van der Waals surface area contributed by atoms with Gasteiger partial charge >= 0.3 is 0 Å². The predicted molar refractivity (Wildman–Crippen MR) is 75.8 cm³/mol. The third kappa shape index (κ3) is 3.70. The second kappa shape index (κ2) is 6.10. The van der Waals surface area contributed by atoms with E-state index in [1.165, 1.54) is 18.4 Å². The molecule has 0 radical (unpaired) electrons. The molecule has 0 bridgehead atoms. The first-order valence-electron chi connectivity index (χ1n) is 6.74. The van der Waals surface area contributed by atoms with Crippen LogP contribution in [0.5, 0.6) is 5.75 Å². The molecule has 112 valence electrons. The van der Waals surface area contributed by atoms with Crippen molar-refractivity contribution in [2.24, 2.45) is 5.73 Å². The Morgan fingerprint density at radius 1 is 1.40 bits per heavy atom. The quantitative estimate of drug-likeness (QED) is 0.923. The average molecular weight is 301 g/mol. The molecule has 1 fully saturated rings. The molecule has 0 aliphatic heterocycles. The lowest BCUT2D eigenvalue weighted by Gasteiger charge is -2.29. The van der Waals surface area contributed by atoms with Crippen molar-refractivity contribution < 1.29 is 17.5 Å². The van der Waals surface area contributed by atoms with Gasteiger partial charge in [-0.1, -0.05) is 0 Å². The third-order valence-electron chi connectivity index (χ3n) is 3.72. The monoisotopic (exact) mass is 301 g/mol. The Hall–Kier alpha value is -1.14. The molecule has 2 unspecified atom stereocenters. The van der Waals surface area contributed by atoms with Crippen molar-refractivity contribution in [1.29, 1.82) is 0 Å². The Morgan fingerprint density at radius 2 is 2.15 bits per heavy atom. The molecule has 2 atom stereocenters. The molecule has 0 aromatic heterocycles. The van der Waals surface area contributed by atoms with Crippen LogP contribution in [0.3, 0.4) is 0 Å². The van der Waals surface area contributed by atoms with E-state index in [1.54, 1.807) is 6.07 Å². The summed E-state index contributed by atoms with van der Waals surface area (Å²) in [7, 11) is -3.04. The van der Waals surface area contributed by atoms with Crippen molar-refractivity contribution in [1.82, 2.24) is 0 Å². The highest BCUT2D eigenvalue weighted by Crippen LogP contribution is 2.29. The first kappa shape index (κ1) is 15.3. The summed E-state index contributed by atoms with van der Waals surface area (Å²) in [5.41, 5.74) is 6.18. The van der Waals surface area contributed by atoms with Crippen LogP contribution < -0.4 is 10.5 Å². The van der Waals surface area contributed by atoms with E-state index in [0.717, 1.165) is 12.8 Å². The van der Waals surface area contributed by atoms with Gasteiger partial charge < -0.3 is 10.5 Å². The van der Waals surface area contributed by atoms with Gasteiger partial charge in [0.25, 0.3) is 0 Å². The Balaban J connectivity index is 2.10. The standard InChI is InChI=1S/C14H20FNO3S/c1-20(17,18)13-4-2-3-12(8-13)19-14-6-5-11(15)7-10(14)9-16/h5-7,12-13H,2-4,8-9,16H2,1H3. The third-order valence-corrected chi connectivity index (χ3v) is 5.36. The van der Waals surface area contributed by atoms with Crippen LogP contribution in [0.1, 0.15) is 31.2 Å². The van der Waals surface area contributed by atoms with Crippen molar-refractivity contribution >= 4 is 9.84 Å². The summed E-state index contributed by atoms with van der Waals surface area (Å²) in [6.07, 6.45) is 3.92. The molecule has 1 aromatic carbocycles. The summed E-state index contributed by atoms with van der Waals surface area (Å²) >= 11 is 0. The van der Waals surface area contributed by atoms with E-state index in [-0.39, 0.29) is 23.7 Å². The molecule has 0 spiro atoms. The number of hydrogen-bond donors (Lipinski definition) is 1. The molecule has 1 saturated carbocycles. The summed E-state index contributed by atoms with van der Waals surface area (Å²) in [4.78, 5) is 0. The largest absolute Gasteiger partial charge is 0.490 e. The maximum absolute atomic E-state index is 13.1. The first-order valence-corrected chi connectivity index (χ1v) is 8.69. The van der Waals surface area contributed by atoms with E-state index in [9.17, 15) is 12.8 Å². The fraction of sp³-hybridized carbons (Fsp3) is 0.571. The van der Waals surface area contributed by atoms with E-state index < -0.39 is 9.84 Å². The molecule has 20 heavy (non-hydrogen) atoms. The van der Waals surface area contributed by atoms with E-state index >= 15 is 0 Å². The lowest BCUT2D eigenvalue weighted by Crippen LogP contribution is -2.33. The summed E-state index contributed by atoms with van der Waals surface area (Å²) in [6, 6.07) is 4.24. The number of sulfone groups is 1. The lowest BCUT2D eigenvalue weighted by molar-refractivity contribution is 0.154. The van der Waals surface area contributed by atoms with Gasteiger partial charge in [-0.05, 0) is 37.5 Å². The van der Waals surface area contributed by atoms with Crippen LogP contribution in [0.25, 0.3) is 0 Å². The minimum atomic E-state index is -3.04. The number of ether oxygens (including phenoxy) is 1. The first-order chi connectivity index (χ1) is 9.40. The summed E-state index contributed by atoms with van der Waals surface area (Å²) in [6.45, 7) is 0.190. The maximum atomic E-state index is 13.1. The smallest absolute Gasteiger partial charge is 0.150 e. The molecule has 1 aromatic rings. The van der Waals surface area contributed by atoms with Crippen molar-refractivity contribution in [3.63, 3.8) is 0 Å². The topological polar surface area (TPSA) is 69.4 Å². The highest BCUT2D eigenvalue weighted by molar-refractivity contribution is 7.91. The zero-order valence-electron chi connectivity index (χ0n) is 11.5. The lowest BCUT2D eigenvalue weighted by atomic mass is 9.97. The van der Waals surface area contributed by atoms with Crippen LogP contribution >= 0.6 is 0 Å². The van der Waals surface area contributed by atoms with E-state index in [2.05, 4.69) is 0 Å². The molecular weight excluding hydrogens is 281 g/mol. The predicted octanol–water partition coefficient (Wildman–Crippen LogP) is 2.02. The molecule has 1 aliphatic rings. The van der Waals surface area contributed by atoms with Crippen molar-refractivity contribution in [3.05, 3.63) is 29.6 Å². The molecule has 2 rings (SSSR count). The van der Waals surface area contributed by atoms with Crippen molar-refractivity contribution in [2.45, 2.75) is 43.6 Å². The SMILES string of the molecule is CS(=O)(=O)C1CCCC(Oc2ccc(F)cc2CN)C1. The number of halogens is 1. The van der Waals surface area contributed by atoms with Gasteiger partial charge in [0, 0.05) is 24.8 Å². The van der Waals surface area contributed by atoms with Crippen LogP contribution in [0.15, 0.2) is 18.2 Å². The Bertz CT molecular complexity index is 574. The highest BCUT2D eigenvalue weighted by Gasteiger charge is 2.30. The second-order valence-electron chi connectivity index (χ2n) is 5.31. The van der Waals surface area contributed by atoms with Crippen LogP contribution in [-0.4, -0.2) is 26.0 Å². The number of hydrogen-bond acceptors (Lipinski definition) is 4. The van der Waals surface area contributed by atoms with Gasteiger partial charge in [0.05, 0.1) is 11.4 Å². The van der Waals surface area contributed by atoms with Gasteiger partial charge in [-0.3, -0.25) is 0 Å². The van der Waals surface area contributed by atoms with Gasteiger partial charge in [0.2, 0.25) is 0 Å². The Labute approximate surface area is 119 Å². The zero-order chi connectivity index (χ0) is 14.8. The fourth-order valence-electron chi connectivity index (χ4n) is 2.60. The normalized spacial score (nSPS) is 23.6. The minimum Gasteiger partial charge on any atom is -0.490 e. The van der Waals surface area contributed by atoms with Gasteiger partial charge in [-0.2, -0.15) is 0 Å². The van der Waals surface area contributed by atoms with E-state index in [4.69, 9.17) is 10.5 Å². The molecule has 4 nitrogen and oxygen atoms in total. The summed E-state index contributed by atoms with van der Waals surface area (Å²) in [5.74, 6) is 0.198. The summed E-state index contributed by atoms with van der Waals surface area (Å²) in [5, 5.41) is -0.344. The van der Waals surface area contributed by atoms with Gasteiger partial charge in [-0.25, -0.2) is 12.8 Å². The molecule has 2 N–H and O–H groups in total. The molecule has 0 amide bonds. The average Bonchev–Trinajstić information content (AvgIpc) is 2.40. The zero-order valence-corrected chi connectivity index (χ0v) is 12.3. The minimum absolute atomic E-state index is 0.153. The van der Waals surface area contributed by atoms with Gasteiger partial charge in [-0.15, -0.1) is 0 Å². The Kier molecular flexibility index (Phi) is 4.65. The van der Waals surface area contributed by atoms with E-state index in [1.807, 2.05) is 0 Å². The fourth-order valence-corrected chi connectivity index (χ4v) is 3.76. The number of benzene rings is 1. The Morgan fingerprint density at radius 3 is 2.80 bits per heavy atom. The molecule has 0 heterocycles. The number of nitrogens with two attached hydrogens (primary N) is 1. The van der Waals surface area contributed by atoms with Crippen LogP contribution in [-0.2, 0) is 16.4 Å². The van der Waals surface area contributed by atoms with Gasteiger partial charge in [0.15, 0.2) is 0 Å². The summed E-state index contributed by atoms with van der Waals surface area (Å²) < 4.78 is 42.2. The van der Waals surface area contributed by atoms with E-state index in [0.29, 0.717) is 24.2 Å².